The Balaban J connectivity index is 2.16. The first-order valence-electron chi connectivity index (χ1n) is 9.56. The molecule has 0 aliphatic heterocycles. The van der Waals surface area contributed by atoms with Crippen LogP contribution in [0.5, 0.6) is 0 Å². The van der Waals surface area contributed by atoms with Crippen LogP contribution in [-0.2, 0) is 10.8 Å². The molecule has 0 fully saturated rings. The maximum Gasteiger partial charge on any atom is 0.0797 e. The molecule has 0 aliphatic carbocycles. The molecule has 4 aromatic rings. The fourth-order valence-corrected chi connectivity index (χ4v) is 5.25. The van der Waals surface area contributed by atoms with Gasteiger partial charge in [0.1, 0.15) is 0 Å². The van der Waals surface area contributed by atoms with Crippen LogP contribution in [0.4, 0.5) is 0 Å². The number of aromatic nitrogens is 2. The minimum atomic E-state index is 0.0564. The van der Waals surface area contributed by atoms with Gasteiger partial charge in [-0.15, -0.1) is 22.7 Å². The van der Waals surface area contributed by atoms with E-state index in [1.807, 2.05) is 23.4 Å². The first-order valence-corrected chi connectivity index (χ1v) is 11.3. The van der Waals surface area contributed by atoms with Gasteiger partial charge in [0.05, 0.1) is 20.8 Å². The van der Waals surface area contributed by atoms with E-state index in [1.54, 1.807) is 22.7 Å². The Bertz CT molecular complexity index is 1020. The maximum atomic E-state index is 4.37. The fourth-order valence-electron chi connectivity index (χ4n) is 3.87. The topological polar surface area (TPSA) is 25.8 Å². The van der Waals surface area contributed by atoms with Crippen LogP contribution >= 0.6 is 22.7 Å². The number of benzene rings is 2. The van der Waals surface area contributed by atoms with Crippen molar-refractivity contribution in [2.45, 2.75) is 52.4 Å². The minimum Gasteiger partial charge on any atom is -0.252 e. The third-order valence-electron chi connectivity index (χ3n) is 5.17. The molecule has 4 rings (SSSR count). The van der Waals surface area contributed by atoms with Crippen LogP contribution in [-0.4, -0.2) is 9.97 Å². The number of hydrogen-bond donors (Lipinski definition) is 0. The number of hydrogen-bond acceptors (Lipinski definition) is 4. The molecule has 0 spiro atoms. The quantitative estimate of drug-likeness (QED) is 0.341. The number of fused-ring (bicyclic) bond motifs is 1. The van der Waals surface area contributed by atoms with Gasteiger partial charge in [0.15, 0.2) is 0 Å². The Hall–Kier alpha value is -2.04. The highest BCUT2D eigenvalue weighted by molar-refractivity contribution is 7.13. The highest BCUT2D eigenvalue weighted by Crippen LogP contribution is 2.45. The van der Waals surface area contributed by atoms with Crippen LogP contribution in [0.25, 0.3) is 31.7 Å². The molecule has 0 amide bonds. The van der Waals surface area contributed by atoms with Crippen LogP contribution in [0, 0.1) is 0 Å². The Morgan fingerprint density at radius 1 is 0.607 bits per heavy atom. The van der Waals surface area contributed by atoms with Crippen molar-refractivity contribution in [3.63, 3.8) is 0 Å². The summed E-state index contributed by atoms with van der Waals surface area (Å²) in [5.41, 5.74) is 9.33. The Kier molecular flexibility index (Phi) is 4.67. The maximum absolute atomic E-state index is 4.37. The molecule has 144 valence electrons. The third kappa shape index (κ3) is 3.29. The summed E-state index contributed by atoms with van der Waals surface area (Å²) in [6.45, 7) is 13.7. The predicted molar refractivity (Wildman–Crippen MR) is 124 cm³/mol. The molecular weight excluding hydrogens is 380 g/mol. The smallest absolute Gasteiger partial charge is 0.0797 e. The summed E-state index contributed by atoms with van der Waals surface area (Å²) in [6, 6.07) is 9.25. The molecule has 0 radical (unpaired) electrons. The van der Waals surface area contributed by atoms with E-state index in [9.17, 15) is 0 Å². The molecule has 2 heterocycles. The average molecular weight is 407 g/mol. The molecule has 0 saturated heterocycles. The molecule has 0 bridgehead atoms. The minimum absolute atomic E-state index is 0.0564. The summed E-state index contributed by atoms with van der Waals surface area (Å²) in [4.78, 5) is 11.2. The highest BCUT2D eigenvalue weighted by atomic mass is 32.1. The second kappa shape index (κ2) is 6.78. The van der Waals surface area contributed by atoms with Gasteiger partial charge in [-0.3, -0.25) is 9.97 Å². The molecule has 0 aliphatic rings. The lowest BCUT2D eigenvalue weighted by molar-refractivity contribution is 0.591. The van der Waals surface area contributed by atoms with Gasteiger partial charge in [0.2, 0.25) is 0 Å². The number of nitrogens with zero attached hydrogens (tertiary/aromatic N) is 2. The summed E-state index contributed by atoms with van der Waals surface area (Å²) < 4.78 is 0. The lowest BCUT2D eigenvalue weighted by atomic mass is 9.78. The van der Waals surface area contributed by atoms with Gasteiger partial charge in [-0.25, -0.2) is 0 Å². The standard InChI is InChI=1S/C24H26N2S2/c1-23(2,3)17-9-7-16-15(21(17)19-11-25-13-27-19)8-10-18(24(4,5)6)22(16)20-12-26-14-28-20/h7-14H,1-6H3. The van der Waals surface area contributed by atoms with Crippen molar-refractivity contribution in [2.75, 3.05) is 0 Å². The predicted octanol–water partition coefficient (Wildman–Crippen LogP) is 7.68. The molecule has 2 aromatic carbocycles. The van der Waals surface area contributed by atoms with E-state index < -0.39 is 0 Å². The lowest BCUT2D eigenvalue weighted by Gasteiger charge is -2.27. The van der Waals surface area contributed by atoms with Gasteiger partial charge in [-0.05, 0) is 32.7 Å². The summed E-state index contributed by atoms with van der Waals surface area (Å²) in [5.74, 6) is 0. The van der Waals surface area contributed by atoms with Crippen LogP contribution in [0.15, 0.2) is 47.7 Å². The summed E-state index contributed by atoms with van der Waals surface area (Å²) in [7, 11) is 0. The SMILES string of the molecule is CC(C)(C)c1ccc2c(-c3cncs3)c(C(C)(C)C)ccc2c1-c1cncs1. The normalized spacial score (nSPS) is 12.6. The molecule has 0 atom stereocenters. The van der Waals surface area contributed by atoms with Gasteiger partial charge in [0, 0.05) is 23.5 Å². The Labute approximate surface area is 175 Å². The van der Waals surface area contributed by atoms with Crippen LogP contribution in [0.2, 0.25) is 0 Å². The molecule has 0 unspecified atom stereocenters. The van der Waals surface area contributed by atoms with E-state index in [0.29, 0.717) is 0 Å². The monoisotopic (exact) mass is 406 g/mol. The zero-order chi connectivity index (χ0) is 20.1. The van der Waals surface area contributed by atoms with Crippen molar-refractivity contribution in [1.82, 2.24) is 9.97 Å². The zero-order valence-corrected chi connectivity index (χ0v) is 19.0. The van der Waals surface area contributed by atoms with E-state index in [0.717, 1.165) is 0 Å². The van der Waals surface area contributed by atoms with Gasteiger partial charge in [0.25, 0.3) is 0 Å². The zero-order valence-electron chi connectivity index (χ0n) is 17.3. The highest BCUT2D eigenvalue weighted by Gasteiger charge is 2.26. The molecule has 4 heteroatoms. The van der Waals surface area contributed by atoms with E-state index in [2.05, 4.69) is 75.8 Å². The van der Waals surface area contributed by atoms with Crippen LogP contribution in [0.3, 0.4) is 0 Å². The first-order chi connectivity index (χ1) is 13.2. The number of rotatable bonds is 2. The van der Waals surface area contributed by atoms with Crippen LogP contribution in [0.1, 0.15) is 52.7 Å². The lowest BCUT2D eigenvalue weighted by Crippen LogP contribution is -2.14. The third-order valence-corrected chi connectivity index (χ3v) is 6.76. The van der Waals surface area contributed by atoms with E-state index in [-0.39, 0.29) is 10.8 Å². The van der Waals surface area contributed by atoms with Crippen molar-refractivity contribution in [3.05, 3.63) is 58.8 Å². The molecule has 2 aromatic heterocycles. The Morgan fingerprint density at radius 2 is 1.00 bits per heavy atom. The van der Waals surface area contributed by atoms with E-state index in [1.165, 1.54) is 42.8 Å². The second-order valence-electron chi connectivity index (χ2n) is 9.30. The van der Waals surface area contributed by atoms with Gasteiger partial charge in [-0.1, -0.05) is 65.8 Å². The Morgan fingerprint density at radius 3 is 1.29 bits per heavy atom. The fraction of sp³-hybridized carbons (Fsp3) is 0.333. The van der Waals surface area contributed by atoms with Gasteiger partial charge >= 0.3 is 0 Å². The van der Waals surface area contributed by atoms with Crippen molar-refractivity contribution < 1.29 is 0 Å². The summed E-state index contributed by atoms with van der Waals surface area (Å²) in [6.07, 6.45) is 4.00. The van der Waals surface area contributed by atoms with Crippen molar-refractivity contribution in [3.8, 4) is 20.9 Å². The summed E-state index contributed by atoms with van der Waals surface area (Å²) in [5, 5.41) is 2.60. The average Bonchev–Trinajstić information content (AvgIpc) is 3.31. The van der Waals surface area contributed by atoms with Crippen LogP contribution < -0.4 is 0 Å². The van der Waals surface area contributed by atoms with Crippen molar-refractivity contribution in [1.29, 1.82) is 0 Å². The van der Waals surface area contributed by atoms with Gasteiger partial charge in [-0.2, -0.15) is 0 Å². The van der Waals surface area contributed by atoms with Crippen molar-refractivity contribution >= 4 is 33.4 Å². The number of thiazole rings is 2. The van der Waals surface area contributed by atoms with Gasteiger partial charge < -0.3 is 0 Å². The largest absolute Gasteiger partial charge is 0.252 e. The molecule has 2 nitrogen and oxygen atoms in total. The second-order valence-corrected chi connectivity index (χ2v) is 11.1. The first kappa shape index (κ1) is 19.3. The van der Waals surface area contributed by atoms with Crippen molar-refractivity contribution in [2.24, 2.45) is 0 Å². The molecule has 0 saturated carbocycles. The molecule has 0 N–H and O–H groups in total. The molecule has 28 heavy (non-hydrogen) atoms. The van der Waals surface area contributed by atoms with E-state index in [4.69, 9.17) is 0 Å². The summed E-state index contributed by atoms with van der Waals surface area (Å²) >= 11 is 3.43. The molecular formula is C24H26N2S2. The van der Waals surface area contributed by atoms with E-state index >= 15 is 0 Å².